The predicted molar refractivity (Wildman–Crippen MR) is 147 cm³/mol. The van der Waals surface area contributed by atoms with Crippen LogP contribution in [0, 0.1) is 10.1 Å². The van der Waals surface area contributed by atoms with Crippen LogP contribution in [0.1, 0.15) is 11.3 Å². The van der Waals surface area contributed by atoms with Crippen molar-refractivity contribution in [2.75, 3.05) is 9.91 Å². The van der Waals surface area contributed by atoms with Crippen LogP contribution in [0.3, 0.4) is 0 Å². The molecule has 1 fully saturated rings. The standard InChI is InChI=1S/C27H18N4O4S2/c32-26-24(18-19-8-3-1-4-9-19)36-27(29(26)20-10-5-2-6-11-20)30(21-13-15-22(16-14-21)31(33)34)28-25(37-27)23-12-7-17-35-23/h1-18H/b24-18+. The van der Waals surface area contributed by atoms with Crippen LogP contribution in [0.25, 0.3) is 6.08 Å². The zero-order valence-corrected chi connectivity index (χ0v) is 20.8. The Morgan fingerprint density at radius 1 is 0.865 bits per heavy atom. The van der Waals surface area contributed by atoms with Crippen molar-refractivity contribution in [2.24, 2.45) is 5.10 Å². The summed E-state index contributed by atoms with van der Waals surface area (Å²) in [5.74, 6) is 0.394. The lowest BCUT2D eigenvalue weighted by molar-refractivity contribution is -0.384. The molecule has 37 heavy (non-hydrogen) atoms. The summed E-state index contributed by atoms with van der Waals surface area (Å²) >= 11 is 2.77. The first-order valence-corrected chi connectivity index (χ1v) is 12.9. The van der Waals surface area contributed by atoms with Crippen LogP contribution in [0.4, 0.5) is 17.1 Å². The number of benzene rings is 3. The zero-order valence-electron chi connectivity index (χ0n) is 19.1. The number of nitrogens with zero attached hydrogens (tertiary/aromatic N) is 4. The molecule has 182 valence electrons. The molecule has 6 rings (SSSR count). The second-order valence-corrected chi connectivity index (χ2v) is 10.7. The van der Waals surface area contributed by atoms with Gasteiger partial charge in [-0.05, 0) is 59.8 Å². The molecule has 1 aromatic heterocycles. The number of rotatable bonds is 5. The number of nitro groups is 1. The van der Waals surface area contributed by atoms with Gasteiger partial charge in [0, 0.05) is 17.8 Å². The Balaban J connectivity index is 1.52. The van der Waals surface area contributed by atoms with Crippen molar-refractivity contribution in [3.05, 3.63) is 130 Å². The molecule has 3 aromatic carbocycles. The summed E-state index contributed by atoms with van der Waals surface area (Å²) in [6.45, 7) is 0. The molecule has 1 unspecified atom stereocenters. The van der Waals surface area contributed by atoms with E-state index in [2.05, 4.69) is 0 Å². The van der Waals surface area contributed by atoms with Gasteiger partial charge in [0.05, 0.1) is 21.8 Å². The van der Waals surface area contributed by atoms with E-state index < -0.39 is 9.25 Å². The van der Waals surface area contributed by atoms with Crippen LogP contribution < -0.4 is 9.91 Å². The van der Waals surface area contributed by atoms with Crippen LogP contribution in [0.2, 0.25) is 0 Å². The average molecular weight is 527 g/mol. The number of amides is 1. The van der Waals surface area contributed by atoms with E-state index in [4.69, 9.17) is 9.52 Å². The third-order valence-corrected chi connectivity index (χ3v) is 8.51. The minimum Gasteiger partial charge on any atom is -0.462 e. The number of furan rings is 1. The minimum atomic E-state index is -1.07. The van der Waals surface area contributed by atoms with Crippen molar-refractivity contribution >= 4 is 57.6 Å². The van der Waals surface area contributed by atoms with Crippen LogP contribution >= 0.6 is 23.5 Å². The highest BCUT2D eigenvalue weighted by atomic mass is 32.2. The van der Waals surface area contributed by atoms with Gasteiger partial charge < -0.3 is 4.42 Å². The average Bonchev–Trinajstić information content (AvgIpc) is 3.64. The van der Waals surface area contributed by atoms with Crippen LogP contribution in [0.15, 0.2) is 118 Å². The Morgan fingerprint density at radius 2 is 1.57 bits per heavy atom. The number of non-ortho nitro benzene ring substituents is 1. The molecular formula is C27H18N4O4S2. The van der Waals surface area contributed by atoms with E-state index in [1.807, 2.05) is 72.8 Å². The second kappa shape index (κ2) is 9.30. The number of nitro benzene ring substituents is 1. The highest BCUT2D eigenvalue weighted by Crippen LogP contribution is 2.59. The maximum absolute atomic E-state index is 14.0. The summed E-state index contributed by atoms with van der Waals surface area (Å²) < 4.78 is 4.58. The smallest absolute Gasteiger partial charge is 0.269 e. The summed E-state index contributed by atoms with van der Waals surface area (Å²) in [6, 6.07) is 28.8. The predicted octanol–water partition coefficient (Wildman–Crippen LogP) is 6.54. The molecule has 1 spiro atoms. The lowest BCUT2D eigenvalue weighted by atomic mass is 10.2. The molecule has 1 saturated heterocycles. The lowest BCUT2D eigenvalue weighted by Gasteiger charge is -2.38. The first kappa shape index (κ1) is 23.1. The number of hydrogen-bond acceptors (Lipinski definition) is 8. The van der Waals surface area contributed by atoms with Gasteiger partial charge in [0.15, 0.2) is 10.8 Å². The van der Waals surface area contributed by atoms with Gasteiger partial charge in [-0.2, -0.15) is 5.10 Å². The van der Waals surface area contributed by atoms with Gasteiger partial charge in [0.1, 0.15) is 0 Å². The van der Waals surface area contributed by atoms with E-state index in [1.165, 1.54) is 35.7 Å². The van der Waals surface area contributed by atoms with Gasteiger partial charge in [0.2, 0.25) is 4.33 Å². The summed E-state index contributed by atoms with van der Waals surface area (Å²) in [5.41, 5.74) is 2.17. The molecule has 0 aliphatic carbocycles. The normalized spacial score (nSPS) is 20.2. The van der Waals surface area contributed by atoms with E-state index in [-0.39, 0.29) is 11.6 Å². The van der Waals surface area contributed by atoms with Gasteiger partial charge in [0.25, 0.3) is 11.6 Å². The zero-order chi connectivity index (χ0) is 25.4. The van der Waals surface area contributed by atoms with Crippen molar-refractivity contribution in [1.82, 2.24) is 0 Å². The summed E-state index contributed by atoms with van der Waals surface area (Å²) in [7, 11) is 0. The molecular weight excluding hydrogens is 508 g/mol. The highest BCUT2D eigenvalue weighted by molar-refractivity contribution is 8.28. The Hall–Kier alpha value is -4.28. The van der Waals surface area contributed by atoms with Crippen molar-refractivity contribution < 1.29 is 14.1 Å². The summed E-state index contributed by atoms with van der Waals surface area (Å²) in [4.78, 5) is 27.1. The van der Waals surface area contributed by atoms with Crippen LogP contribution in [-0.4, -0.2) is 20.2 Å². The molecule has 1 atom stereocenters. The third-order valence-electron chi connectivity index (χ3n) is 5.78. The lowest BCUT2D eigenvalue weighted by Crippen LogP contribution is -2.51. The van der Waals surface area contributed by atoms with Gasteiger partial charge in [-0.1, -0.05) is 60.3 Å². The number of thioether (sulfide) groups is 2. The SMILES string of the molecule is O=C1/C(=C\c2ccccc2)SC2(SC(c3ccco3)=NN2c2ccc([N+](=O)[O-])cc2)N1c1ccccc1. The van der Waals surface area contributed by atoms with E-state index in [9.17, 15) is 14.9 Å². The Bertz CT molecular complexity index is 1520. The molecule has 0 N–H and O–H groups in total. The van der Waals surface area contributed by atoms with E-state index in [1.54, 1.807) is 34.4 Å². The molecule has 0 bridgehead atoms. The number of carbonyl (C=O) groups is 1. The number of hydrogen-bond donors (Lipinski definition) is 0. The Morgan fingerprint density at radius 3 is 2.22 bits per heavy atom. The molecule has 0 saturated carbocycles. The van der Waals surface area contributed by atoms with E-state index >= 15 is 0 Å². The summed E-state index contributed by atoms with van der Waals surface area (Å²) in [5, 5.41) is 18.5. The fourth-order valence-electron chi connectivity index (χ4n) is 4.10. The molecule has 4 aromatic rings. The first-order valence-electron chi connectivity index (χ1n) is 11.3. The largest absolute Gasteiger partial charge is 0.462 e. The fourth-order valence-corrected chi connectivity index (χ4v) is 7.05. The molecule has 10 heteroatoms. The Kier molecular flexibility index (Phi) is 5.82. The maximum atomic E-state index is 14.0. The second-order valence-electron chi connectivity index (χ2n) is 8.12. The number of para-hydroxylation sites is 1. The van der Waals surface area contributed by atoms with Crippen LogP contribution in [0.5, 0.6) is 0 Å². The Labute approximate surface area is 220 Å². The number of anilines is 2. The van der Waals surface area contributed by atoms with Crippen molar-refractivity contribution in [3.8, 4) is 0 Å². The van der Waals surface area contributed by atoms with Crippen molar-refractivity contribution in [1.29, 1.82) is 0 Å². The van der Waals surface area contributed by atoms with Gasteiger partial charge >= 0.3 is 0 Å². The molecule has 0 radical (unpaired) electrons. The summed E-state index contributed by atoms with van der Waals surface area (Å²) in [6.07, 6.45) is 3.44. The molecule has 2 aliphatic rings. The van der Waals surface area contributed by atoms with E-state index in [0.717, 1.165) is 5.56 Å². The van der Waals surface area contributed by atoms with Gasteiger partial charge in [-0.15, -0.1) is 0 Å². The first-order chi connectivity index (χ1) is 18.0. The third kappa shape index (κ3) is 4.09. The molecule has 1 amide bonds. The molecule has 2 aliphatic heterocycles. The van der Waals surface area contributed by atoms with E-state index in [0.29, 0.717) is 27.1 Å². The van der Waals surface area contributed by atoms with Gasteiger partial charge in [-0.3, -0.25) is 19.8 Å². The monoisotopic (exact) mass is 526 g/mol. The van der Waals surface area contributed by atoms with Gasteiger partial charge in [-0.25, -0.2) is 5.01 Å². The molecule has 3 heterocycles. The minimum absolute atomic E-state index is 0.0281. The highest BCUT2D eigenvalue weighted by Gasteiger charge is 2.59. The fraction of sp³-hybridized carbons (Fsp3) is 0.0370. The van der Waals surface area contributed by atoms with Crippen LogP contribution in [-0.2, 0) is 4.79 Å². The van der Waals surface area contributed by atoms with Crippen molar-refractivity contribution in [3.63, 3.8) is 0 Å². The molecule has 8 nitrogen and oxygen atoms in total. The number of hydrazone groups is 1. The van der Waals surface area contributed by atoms with Crippen molar-refractivity contribution in [2.45, 2.75) is 4.33 Å². The topological polar surface area (TPSA) is 92.2 Å². The quantitative estimate of drug-likeness (QED) is 0.166. The number of carbonyl (C=O) groups excluding carboxylic acids is 1. The maximum Gasteiger partial charge on any atom is 0.269 e.